The summed E-state index contributed by atoms with van der Waals surface area (Å²) < 4.78 is 4.70. The average molecular weight is 298 g/mol. The molecule has 0 heterocycles. The molecule has 21 heavy (non-hydrogen) atoms. The number of aliphatic hydroxyl groups is 1. The van der Waals surface area contributed by atoms with Crippen LogP contribution in [0.5, 0.6) is 0 Å². The van der Waals surface area contributed by atoms with E-state index in [9.17, 15) is 9.90 Å². The maximum Gasteiger partial charge on any atom is 0.322 e. The molecule has 0 saturated heterocycles. The maximum atomic E-state index is 11.4. The van der Waals surface area contributed by atoms with Crippen molar-refractivity contribution in [2.75, 3.05) is 26.7 Å². The van der Waals surface area contributed by atoms with Crippen LogP contribution in [0.1, 0.15) is 26.7 Å². The molecule has 122 valence electrons. The van der Waals surface area contributed by atoms with Crippen LogP contribution in [-0.4, -0.2) is 60.9 Å². The topological polar surface area (TPSA) is 61.8 Å². The Balaban J connectivity index is 4.81. The Hall–Kier alpha value is -1.17. The third kappa shape index (κ3) is 7.41. The van der Waals surface area contributed by atoms with Gasteiger partial charge in [0.15, 0.2) is 0 Å². The van der Waals surface area contributed by atoms with Gasteiger partial charge in [0.25, 0.3) is 0 Å². The van der Waals surface area contributed by atoms with Gasteiger partial charge in [-0.05, 0) is 13.3 Å². The smallest absolute Gasteiger partial charge is 0.322 e. The van der Waals surface area contributed by atoms with Gasteiger partial charge in [0.2, 0.25) is 0 Å². The van der Waals surface area contributed by atoms with Crippen LogP contribution in [0.2, 0.25) is 0 Å². The number of rotatable bonds is 12. The van der Waals surface area contributed by atoms with E-state index in [1.54, 1.807) is 19.1 Å². The number of ether oxygens (including phenoxy) is 1. The molecule has 0 radical (unpaired) electrons. The number of aliphatic hydroxyl groups excluding tert-OH is 1. The minimum Gasteiger partial charge on any atom is -0.468 e. The lowest BCUT2D eigenvalue weighted by molar-refractivity contribution is -0.142. The summed E-state index contributed by atoms with van der Waals surface area (Å²) in [5, 5.41) is 13.5. The van der Waals surface area contributed by atoms with Crippen LogP contribution in [0.15, 0.2) is 25.3 Å². The lowest BCUT2D eigenvalue weighted by Crippen LogP contribution is -2.52. The van der Waals surface area contributed by atoms with E-state index < -0.39 is 12.1 Å². The van der Waals surface area contributed by atoms with Gasteiger partial charge in [-0.25, -0.2) is 0 Å². The van der Waals surface area contributed by atoms with Gasteiger partial charge in [0.1, 0.15) is 6.04 Å². The zero-order valence-electron chi connectivity index (χ0n) is 13.5. The Labute approximate surface area is 128 Å². The monoisotopic (exact) mass is 298 g/mol. The highest BCUT2D eigenvalue weighted by atomic mass is 16.5. The quantitative estimate of drug-likeness (QED) is 0.420. The first-order valence-corrected chi connectivity index (χ1v) is 7.46. The van der Waals surface area contributed by atoms with Gasteiger partial charge in [-0.15, -0.1) is 13.2 Å². The van der Waals surface area contributed by atoms with Crippen molar-refractivity contribution in [1.82, 2.24) is 10.2 Å². The first-order valence-electron chi connectivity index (χ1n) is 7.46. The van der Waals surface area contributed by atoms with E-state index >= 15 is 0 Å². The van der Waals surface area contributed by atoms with Crippen molar-refractivity contribution < 1.29 is 14.6 Å². The second-order valence-corrected chi connectivity index (χ2v) is 5.11. The van der Waals surface area contributed by atoms with E-state index in [0.717, 1.165) is 6.42 Å². The van der Waals surface area contributed by atoms with Crippen LogP contribution in [-0.2, 0) is 9.53 Å². The van der Waals surface area contributed by atoms with Crippen molar-refractivity contribution in [1.29, 1.82) is 0 Å². The normalized spacial score (nSPS) is 15.3. The molecule has 0 bridgehead atoms. The highest BCUT2D eigenvalue weighted by Gasteiger charge is 2.25. The van der Waals surface area contributed by atoms with Crippen LogP contribution in [0.4, 0.5) is 0 Å². The minimum atomic E-state index is -0.466. The number of carbonyl (C=O) groups excluding carboxylic acids is 1. The number of nitrogens with zero attached hydrogens (tertiary/aromatic N) is 1. The lowest BCUT2D eigenvalue weighted by atomic mass is 10.0. The fourth-order valence-electron chi connectivity index (χ4n) is 2.23. The molecule has 0 aromatic carbocycles. The fourth-order valence-corrected chi connectivity index (χ4v) is 2.23. The molecule has 5 nitrogen and oxygen atoms in total. The third-order valence-corrected chi connectivity index (χ3v) is 3.41. The molecule has 0 aromatic heterocycles. The van der Waals surface area contributed by atoms with E-state index in [1.807, 2.05) is 6.92 Å². The van der Waals surface area contributed by atoms with Gasteiger partial charge >= 0.3 is 5.97 Å². The number of hydrogen-bond acceptors (Lipinski definition) is 5. The third-order valence-electron chi connectivity index (χ3n) is 3.41. The first-order chi connectivity index (χ1) is 10.0. The molecule has 0 spiro atoms. The van der Waals surface area contributed by atoms with Crippen molar-refractivity contribution in [2.24, 2.45) is 0 Å². The van der Waals surface area contributed by atoms with E-state index in [0.29, 0.717) is 26.1 Å². The van der Waals surface area contributed by atoms with Crippen molar-refractivity contribution in [3.63, 3.8) is 0 Å². The zero-order valence-corrected chi connectivity index (χ0v) is 13.5. The molecule has 0 rings (SSSR count). The minimum absolute atomic E-state index is 0.104. The number of esters is 1. The molecule has 0 aromatic rings. The van der Waals surface area contributed by atoms with Crippen LogP contribution < -0.4 is 5.32 Å². The molecule has 0 saturated carbocycles. The molecule has 5 heteroatoms. The zero-order chi connectivity index (χ0) is 16.3. The highest BCUT2D eigenvalue weighted by Crippen LogP contribution is 2.10. The summed E-state index contributed by atoms with van der Waals surface area (Å²) in [7, 11) is 1.37. The predicted molar refractivity (Wildman–Crippen MR) is 86.2 cm³/mol. The Morgan fingerprint density at radius 3 is 2.38 bits per heavy atom. The summed E-state index contributed by atoms with van der Waals surface area (Å²) in [5.41, 5.74) is 0. The van der Waals surface area contributed by atoms with E-state index in [-0.39, 0.29) is 12.0 Å². The number of hydrogen-bond donors (Lipinski definition) is 2. The average Bonchev–Trinajstić information content (AvgIpc) is 2.47. The Kier molecular flexibility index (Phi) is 10.8. The summed E-state index contributed by atoms with van der Waals surface area (Å²) in [6.07, 6.45) is 4.76. The van der Waals surface area contributed by atoms with Crippen molar-refractivity contribution in [2.45, 2.75) is 44.9 Å². The summed E-state index contributed by atoms with van der Waals surface area (Å²) in [5.74, 6) is -0.308. The van der Waals surface area contributed by atoms with Crippen LogP contribution in [0.25, 0.3) is 0 Å². The number of nitrogens with one attached hydrogen (secondary N) is 1. The predicted octanol–water partition coefficient (Wildman–Crippen LogP) is 1.34. The molecule has 0 aliphatic rings. The fraction of sp³-hybridized carbons (Fsp3) is 0.688. The van der Waals surface area contributed by atoms with Gasteiger partial charge in [-0.1, -0.05) is 25.5 Å². The molecule has 0 unspecified atom stereocenters. The lowest BCUT2D eigenvalue weighted by Gasteiger charge is -2.34. The van der Waals surface area contributed by atoms with Gasteiger partial charge in [-0.2, -0.15) is 0 Å². The van der Waals surface area contributed by atoms with Gasteiger partial charge in [-0.3, -0.25) is 9.69 Å². The summed E-state index contributed by atoms with van der Waals surface area (Å²) in [6.45, 7) is 13.1. The van der Waals surface area contributed by atoms with Crippen LogP contribution in [0.3, 0.4) is 0 Å². The molecule has 2 N–H and O–H groups in total. The summed E-state index contributed by atoms with van der Waals surface area (Å²) in [6, 6.07) is -0.506. The highest BCUT2D eigenvalue weighted by molar-refractivity contribution is 5.75. The molecular weight excluding hydrogens is 268 g/mol. The van der Waals surface area contributed by atoms with Crippen LogP contribution in [0, 0.1) is 0 Å². The largest absolute Gasteiger partial charge is 0.468 e. The Bertz CT molecular complexity index is 311. The van der Waals surface area contributed by atoms with Crippen molar-refractivity contribution in [3.8, 4) is 0 Å². The summed E-state index contributed by atoms with van der Waals surface area (Å²) >= 11 is 0. The first kappa shape index (κ1) is 19.8. The maximum absolute atomic E-state index is 11.4. The Morgan fingerprint density at radius 2 is 1.95 bits per heavy atom. The molecule has 0 fully saturated rings. The van der Waals surface area contributed by atoms with E-state index in [1.165, 1.54) is 7.11 Å². The standard InChI is InChI=1S/C16H30N2O3/c1-6-9-15(19)14(18(10-7-2)11-8-3)12-17-13(4)16(20)21-5/h7-8,13-15,17,19H,2-3,6,9-12H2,1,4-5H3/t13-,14+,15-/m0/s1. The van der Waals surface area contributed by atoms with E-state index in [2.05, 4.69) is 23.4 Å². The molecular formula is C16H30N2O3. The Morgan fingerprint density at radius 1 is 1.38 bits per heavy atom. The second kappa shape index (κ2) is 11.5. The summed E-state index contributed by atoms with van der Waals surface area (Å²) in [4.78, 5) is 13.5. The van der Waals surface area contributed by atoms with E-state index in [4.69, 9.17) is 4.74 Å². The second-order valence-electron chi connectivity index (χ2n) is 5.11. The molecule has 3 atom stereocenters. The van der Waals surface area contributed by atoms with Crippen LogP contribution >= 0.6 is 0 Å². The molecule has 0 aliphatic carbocycles. The number of methoxy groups -OCH3 is 1. The molecule has 0 amide bonds. The van der Waals surface area contributed by atoms with Crippen molar-refractivity contribution in [3.05, 3.63) is 25.3 Å². The SMILES string of the molecule is C=CCN(CC=C)[C@H](CN[C@@H](C)C(=O)OC)[C@@H](O)CCC. The van der Waals surface area contributed by atoms with Crippen molar-refractivity contribution >= 4 is 5.97 Å². The molecule has 0 aliphatic heterocycles. The van der Waals surface area contributed by atoms with Gasteiger partial charge in [0, 0.05) is 25.7 Å². The van der Waals surface area contributed by atoms with Gasteiger partial charge < -0.3 is 15.2 Å². The number of carbonyl (C=O) groups is 1. The van der Waals surface area contributed by atoms with Gasteiger partial charge in [0.05, 0.1) is 13.2 Å².